The fraction of sp³-hybridized carbons (Fsp3) is 0.500. The summed E-state index contributed by atoms with van der Waals surface area (Å²) < 4.78 is 41.9. The first-order valence-corrected chi connectivity index (χ1v) is 13.2. The van der Waals surface area contributed by atoms with Crippen molar-refractivity contribution in [2.75, 3.05) is 5.32 Å². The molecule has 0 aliphatic heterocycles. The molecule has 36 heavy (non-hydrogen) atoms. The van der Waals surface area contributed by atoms with E-state index < -0.39 is 23.4 Å². The number of carbonyl (C=O) groups is 1. The fourth-order valence-electron chi connectivity index (χ4n) is 4.97. The molecule has 1 aliphatic rings. The van der Waals surface area contributed by atoms with E-state index in [2.05, 4.69) is 39.8 Å². The topological polar surface area (TPSA) is 80.0 Å². The highest BCUT2D eigenvalue weighted by Crippen LogP contribution is 2.40. The number of anilines is 1. The van der Waals surface area contributed by atoms with Crippen LogP contribution in [0.1, 0.15) is 79.9 Å². The van der Waals surface area contributed by atoms with Crippen molar-refractivity contribution in [3.8, 4) is 0 Å². The molecule has 2 aromatic heterocycles. The van der Waals surface area contributed by atoms with Crippen molar-refractivity contribution in [3.05, 3.63) is 53.1 Å². The number of pyridine rings is 1. The number of nitrogens with one attached hydrogen (secondary N) is 1. The third-order valence-corrected chi connectivity index (χ3v) is 8.04. The maximum absolute atomic E-state index is 13.1. The van der Waals surface area contributed by atoms with Crippen LogP contribution < -0.4 is 5.32 Å². The van der Waals surface area contributed by atoms with Crippen LogP contribution in [0.15, 0.2) is 30.3 Å². The average Bonchev–Trinajstić information content (AvgIpc) is 3.13. The van der Waals surface area contributed by atoms with Crippen LogP contribution in [0.4, 0.5) is 18.9 Å². The molecule has 1 unspecified atom stereocenters. The molecule has 1 amide bonds. The third kappa shape index (κ3) is 5.53. The normalized spacial score (nSPS) is 19.9. The van der Waals surface area contributed by atoms with Gasteiger partial charge in [-0.15, -0.1) is 0 Å². The lowest BCUT2D eigenvalue weighted by molar-refractivity contribution is -0.141. The molecule has 3 aromatic rings. The van der Waals surface area contributed by atoms with Gasteiger partial charge in [0.15, 0.2) is 0 Å². The molecule has 1 atom stereocenters. The summed E-state index contributed by atoms with van der Waals surface area (Å²) in [6, 6.07) is 6.65. The van der Waals surface area contributed by atoms with Crippen LogP contribution in [0, 0.1) is 5.92 Å². The summed E-state index contributed by atoms with van der Waals surface area (Å²) in [5, 5.41) is 13.5. The highest BCUT2D eigenvalue weighted by atomic mass is 127. The van der Waals surface area contributed by atoms with Crippen LogP contribution in [0.2, 0.25) is 0 Å². The van der Waals surface area contributed by atoms with E-state index in [9.17, 15) is 23.1 Å². The number of imidazole rings is 1. The van der Waals surface area contributed by atoms with Crippen molar-refractivity contribution in [2.45, 2.75) is 68.1 Å². The minimum atomic E-state index is -4.66. The fourth-order valence-corrected chi connectivity index (χ4v) is 5.69. The number of fused-ring (bicyclic) bond motifs is 1. The second-order valence-electron chi connectivity index (χ2n) is 10.1. The van der Waals surface area contributed by atoms with E-state index in [4.69, 9.17) is 4.98 Å². The summed E-state index contributed by atoms with van der Waals surface area (Å²) in [6.07, 6.45) is -0.250. The molecular formula is C26H30F3IN4O2. The first kappa shape index (κ1) is 26.8. The summed E-state index contributed by atoms with van der Waals surface area (Å²) in [7, 11) is 1.93. The van der Waals surface area contributed by atoms with Gasteiger partial charge in [-0.1, -0.05) is 35.6 Å². The lowest BCUT2D eigenvalue weighted by Crippen LogP contribution is -2.22. The minimum absolute atomic E-state index is 0.302. The summed E-state index contributed by atoms with van der Waals surface area (Å²) in [4.78, 5) is 21.3. The molecule has 4 rings (SSSR count). The molecular weight excluding hydrogens is 584 g/mol. The maximum Gasteiger partial charge on any atom is 0.433 e. The number of hydrogen-bond acceptors (Lipinski definition) is 4. The smallest absolute Gasteiger partial charge is 0.386 e. The number of alkyl halides is 4. The summed E-state index contributed by atoms with van der Waals surface area (Å²) in [6.45, 7) is 5.43. The zero-order valence-electron chi connectivity index (χ0n) is 20.7. The zero-order valence-corrected chi connectivity index (χ0v) is 22.8. The Morgan fingerprint density at radius 3 is 2.42 bits per heavy atom. The lowest BCUT2D eigenvalue weighted by atomic mass is 9.80. The van der Waals surface area contributed by atoms with Crippen LogP contribution in [-0.2, 0) is 18.8 Å². The lowest BCUT2D eigenvalue weighted by Gasteiger charge is -2.29. The van der Waals surface area contributed by atoms with Crippen molar-refractivity contribution in [1.82, 2.24) is 14.5 Å². The van der Waals surface area contributed by atoms with Crippen molar-refractivity contribution in [3.63, 3.8) is 0 Å². The van der Waals surface area contributed by atoms with Gasteiger partial charge in [0.2, 0.25) is 0 Å². The number of benzene rings is 1. The van der Waals surface area contributed by atoms with E-state index in [1.165, 1.54) is 6.07 Å². The van der Waals surface area contributed by atoms with Crippen molar-refractivity contribution in [1.29, 1.82) is 0 Å². The van der Waals surface area contributed by atoms with Gasteiger partial charge in [-0.2, -0.15) is 13.2 Å². The first-order chi connectivity index (χ1) is 16.8. The molecule has 0 spiro atoms. The zero-order chi connectivity index (χ0) is 26.4. The standard InChI is InChI=1S/C26H30F3IN4O2/c1-14(30)15-8-10-16(11-9-15)23-32-20-12-17(25(2,3)36)19(13-21(20)34(23)4)33-24(35)18-6-5-7-22(31-18)26(27,28)29/h5-7,12-16,36H,8-11H2,1-4H3,(H,33,35)/t14?,15-,16-. The first-order valence-electron chi connectivity index (χ1n) is 12.0. The van der Waals surface area contributed by atoms with Gasteiger partial charge < -0.3 is 15.0 Å². The van der Waals surface area contributed by atoms with E-state index in [1.54, 1.807) is 26.0 Å². The van der Waals surface area contributed by atoms with Crippen molar-refractivity contribution in [2.24, 2.45) is 13.0 Å². The number of hydrogen-bond donors (Lipinski definition) is 2. The van der Waals surface area contributed by atoms with Crippen LogP contribution in [0.5, 0.6) is 0 Å². The largest absolute Gasteiger partial charge is 0.433 e. The third-order valence-electron chi connectivity index (χ3n) is 7.02. The Hall–Kier alpha value is -2.21. The number of amides is 1. The Labute approximate surface area is 221 Å². The van der Waals surface area contributed by atoms with Gasteiger partial charge >= 0.3 is 6.18 Å². The monoisotopic (exact) mass is 614 g/mol. The van der Waals surface area contributed by atoms with Gasteiger partial charge in [0.05, 0.1) is 16.6 Å². The number of nitrogens with zero attached hydrogens (tertiary/aromatic N) is 3. The van der Waals surface area contributed by atoms with Gasteiger partial charge in [0, 0.05) is 28.1 Å². The number of carbonyl (C=O) groups excluding carboxylic acids is 1. The Kier molecular flexibility index (Phi) is 7.40. The van der Waals surface area contributed by atoms with E-state index in [-0.39, 0.29) is 5.69 Å². The van der Waals surface area contributed by atoms with Crippen LogP contribution in [0.25, 0.3) is 11.0 Å². The molecule has 1 aromatic carbocycles. The molecule has 2 N–H and O–H groups in total. The van der Waals surface area contributed by atoms with Crippen LogP contribution >= 0.6 is 22.6 Å². The Morgan fingerprint density at radius 1 is 1.17 bits per heavy atom. The molecule has 2 heterocycles. The van der Waals surface area contributed by atoms with Gasteiger partial charge in [0.25, 0.3) is 5.91 Å². The summed E-state index contributed by atoms with van der Waals surface area (Å²) >= 11 is 2.50. The Balaban J connectivity index is 1.69. The SMILES string of the molecule is CC(I)[C@H]1CC[C@H](c2nc3cc(C(C)(C)O)c(NC(=O)c4cccc(C(F)(F)F)n4)cc3n2C)CC1. The second kappa shape index (κ2) is 9.92. The van der Waals surface area contributed by atoms with E-state index in [0.717, 1.165) is 49.2 Å². The van der Waals surface area contributed by atoms with Gasteiger partial charge in [-0.05, 0) is 69.7 Å². The average molecular weight is 614 g/mol. The summed E-state index contributed by atoms with van der Waals surface area (Å²) in [5.41, 5.74) is -0.642. The number of halogens is 4. The molecule has 0 bridgehead atoms. The van der Waals surface area contributed by atoms with Crippen molar-refractivity contribution < 1.29 is 23.1 Å². The van der Waals surface area contributed by atoms with Crippen LogP contribution in [0.3, 0.4) is 0 Å². The number of aliphatic hydroxyl groups is 1. The van der Waals surface area contributed by atoms with E-state index in [1.807, 2.05) is 11.6 Å². The molecule has 10 heteroatoms. The minimum Gasteiger partial charge on any atom is -0.386 e. The number of rotatable bonds is 5. The second-order valence-corrected chi connectivity index (χ2v) is 12.1. The highest BCUT2D eigenvalue weighted by molar-refractivity contribution is 14.1. The van der Waals surface area contributed by atoms with E-state index >= 15 is 0 Å². The molecule has 1 aliphatic carbocycles. The molecule has 6 nitrogen and oxygen atoms in total. The Bertz CT molecular complexity index is 1270. The quantitative estimate of drug-likeness (QED) is 0.252. The van der Waals surface area contributed by atoms with Crippen LogP contribution in [-0.4, -0.2) is 29.5 Å². The van der Waals surface area contributed by atoms with Crippen molar-refractivity contribution >= 4 is 45.2 Å². The highest BCUT2D eigenvalue weighted by Gasteiger charge is 2.33. The maximum atomic E-state index is 13.1. The predicted molar refractivity (Wildman–Crippen MR) is 141 cm³/mol. The van der Waals surface area contributed by atoms with E-state index in [0.29, 0.717) is 32.5 Å². The molecule has 1 saturated carbocycles. The predicted octanol–water partition coefficient (Wildman–Crippen LogP) is 6.56. The molecule has 0 saturated heterocycles. The molecule has 0 radical (unpaired) electrons. The van der Waals surface area contributed by atoms with Gasteiger partial charge in [-0.3, -0.25) is 4.79 Å². The van der Waals surface area contributed by atoms with Gasteiger partial charge in [0.1, 0.15) is 17.2 Å². The number of aryl methyl sites for hydroxylation is 1. The summed E-state index contributed by atoms with van der Waals surface area (Å²) in [5.74, 6) is 1.21. The Morgan fingerprint density at radius 2 is 1.83 bits per heavy atom. The van der Waals surface area contributed by atoms with Gasteiger partial charge in [-0.25, -0.2) is 9.97 Å². The molecule has 1 fully saturated rings. The number of aromatic nitrogens is 3. The molecule has 194 valence electrons.